The Morgan fingerprint density at radius 1 is 0.683 bits per heavy atom. The van der Waals surface area contributed by atoms with Crippen LogP contribution in [0.25, 0.3) is 9.81 Å². The van der Waals surface area contributed by atoms with E-state index in [2.05, 4.69) is 0 Å². The summed E-state index contributed by atoms with van der Waals surface area (Å²) < 4.78 is 115. The maximum Gasteiger partial charge on any atom is 0.422 e. The number of nitrogens with zero attached hydrogens (tertiary/aromatic N) is 1. The predicted octanol–water partition coefficient (Wildman–Crippen LogP) is 11.0. The standard InChI is InChI=1S/C30H33F8NS2/c1-14(2)17-12-18(15(3)4)20(19(13-17)16(5)6)27-28(41-30(38,40-27)39-10-8-7-9-11-39)21-23(31)25(33)22(29(35,36)37)26(34)24(21)32/h12-16H,7-11H2,1-6H3. The molecule has 0 bridgehead atoms. The highest BCUT2D eigenvalue weighted by molar-refractivity contribution is 8.30. The molecule has 4 rings (SSSR count). The number of thioether (sulfide) groups is 2. The molecule has 11 heteroatoms. The SMILES string of the molecule is CC(C)c1cc(C(C)C)c(C2=C(c3c(F)c(F)c(C(F)(F)F)c(F)c3F)SC(F)(N3CCCCC3)S2)c(C(C)C)c1. The van der Waals surface area contributed by atoms with Gasteiger partial charge in [-0.25, -0.2) is 22.0 Å². The molecule has 1 nitrogen and oxygen atoms in total. The van der Waals surface area contributed by atoms with Crippen LogP contribution in [0.15, 0.2) is 12.1 Å². The molecule has 0 spiro atoms. The Hall–Kier alpha value is -1.72. The Balaban J connectivity index is 2.10. The molecule has 0 N–H and O–H groups in total. The number of likely N-dealkylation sites (tertiary alicyclic amines) is 1. The molecule has 0 aromatic heterocycles. The van der Waals surface area contributed by atoms with E-state index in [1.807, 2.05) is 53.7 Å². The van der Waals surface area contributed by atoms with E-state index in [-0.39, 0.29) is 22.7 Å². The van der Waals surface area contributed by atoms with Crippen molar-refractivity contribution < 1.29 is 35.1 Å². The lowest BCUT2D eigenvalue weighted by atomic mass is 9.84. The van der Waals surface area contributed by atoms with Crippen molar-refractivity contribution in [2.24, 2.45) is 0 Å². The van der Waals surface area contributed by atoms with Gasteiger partial charge >= 0.3 is 6.18 Å². The molecule has 2 aromatic rings. The smallest absolute Gasteiger partial charge is 0.253 e. The second-order valence-corrected chi connectivity index (χ2v) is 14.0. The van der Waals surface area contributed by atoms with Gasteiger partial charge in [-0.3, -0.25) is 4.90 Å². The fourth-order valence-electron chi connectivity index (χ4n) is 5.28. The van der Waals surface area contributed by atoms with Crippen molar-refractivity contribution in [3.63, 3.8) is 0 Å². The minimum atomic E-state index is -5.68. The van der Waals surface area contributed by atoms with Gasteiger partial charge in [-0.15, -0.1) is 0 Å². The minimum absolute atomic E-state index is 0.0575. The Labute approximate surface area is 244 Å². The molecule has 0 aliphatic carbocycles. The zero-order chi connectivity index (χ0) is 30.6. The van der Waals surface area contributed by atoms with Crippen molar-refractivity contribution >= 4 is 33.3 Å². The van der Waals surface area contributed by atoms with Gasteiger partial charge in [0.1, 0.15) is 5.56 Å². The van der Waals surface area contributed by atoms with E-state index in [1.165, 1.54) is 4.90 Å². The third-order valence-corrected chi connectivity index (χ3v) is 10.4. The number of halogens is 8. The van der Waals surface area contributed by atoms with E-state index in [1.54, 1.807) is 0 Å². The summed E-state index contributed by atoms with van der Waals surface area (Å²) in [6.45, 7) is 12.3. The third-order valence-electron chi connectivity index (χ3n) is 7.53. The summed E-state index contributed by atoms with van der Waals surface area (Å²) in [6.07, 6.45) is -3.44. The zero-order valence-corrected chi connectivity index (χ0v) is 25.3. The van der Waals surface area contributed by atoms with E-state index in [0.29, 0.717) is 55.0 Å². The molecule has 1 fully saturated rings. The van der Waals surface area contributed by atoms with Crippen LogP contribution < -0.4 is 0 Å². The largest absolute Gasteiger partial charge is 0.422 e. The van der Waals surface area contributed by atoms with Crippen molar-refractivity contribution in [2.75, 3.05) is 13.1 Å². The third kappa shape index (κ3) is 5.92. The van der Waals surface area contributed by atoms with Gasteiger partial charge in [0.25, 0.3) is 4.46 Å². The van der Waals surface area contributed by atoms with Crippen molar-refractivity contribution in [1.82, 2.24) is 4.90 Å². The number of benzene rings is 2. The average Bonchev–Trinajstić information content (AvgIpc) is 3.24. The Kier molecular flexibility index (Phi) is 9.23. The summed E-state index contributed by atoms with van der Waals surface area (Å²) in [4.78, 5) is 1.12. The summed E-state index contributed by atoms with van der Waals surface area (Å²) in [6, 6.07) is 3.87. The van der Waals surface area contributed by atoms with Gasteiger partial charge in [-0.05, 0) is 52.8 Å². The van der Waals surface area contributed by atoms with Crippen LogP contribution in [0.2, 0.25) is 0 Å². The van der Waals surface area contributed by atoms with Crippen LogP contribution in [0, 0.1) is 23.3 Å². The molecule has 2 aromatic carbocycles. The lowest BCUT2D eigenvalue weighted by Crippen LogP contribution is -2.42. The van der Waals surface area contributed by atoms with Crippen LogP contribution in [0.1, 0.15) is 112 Å². The highest BCUT2D eigenvalue weighted by atomic mass is 32.2. The minimum Gasteiger partial charge on any atom is -0.253 e. The molecule has 0 saturated carbocycles. The van der Waals surface area contributed by atoms with Gasteiger partial charge < -0.3 is 0 Å². The van der Waals surface area contributed by atoms with E-state index < -0.39 is 49.9 Å². The fraction of sp³-hybridized carbons (Fsp3) is 0.533. The van der Waals surface area contributed by atoms with E-state index in [4.69, 9.17) is 0 Å². The van der Waals surface area contributed by atoms with Crippen molar-refractivity contribution in [3.8, 4) is 0 Å². The van der Waals surface area contributed by atoms with E-state index in [9.17, 15) is 22.0 Å². The quantitative estimate of drug-likeness (QED) is 0.179. The zero-order valence-electron chi connectivity index (χ0n) is 23.7. The molecular weight excluding hydrogens is 590 g/mol. The Bertz CT molecular complexity index is 1300. The van der Waals surface area contributed by atoms with E-state index in [0.717, 1.165) is 23.1 Å². The maximum atomic E-state index is 16.9. The summed E-state index contributed by atoms with van der Waals surface area (Å²) >= 11 is 1.09. The second-order valence-electron chi connectivity index (χ2n) is 11.5. The number of rotatable bonds is 6. The first kappa shape index (κ1) is 32.2. The van der Waals surface area contributed by atoms with Crippen molar-refractivity contribution in [2.45, 2.75) is 89.2 Å². The van der Waals surface area contributed by atoms with Gasteiger partial charge in [0.05, 0.1) is 5.56 Å². The van der Waals surface area contributed by atoms with Crippen LogP contribution in [-0.2, 0) is 6.18 Å². The van der Waals surface area contributed by atoms with Gasteiger partial charge in [-0.1, -0.05) is 83.6 Å². The molecule has 226 valence electrons. The molecule has 2 aliphatic rings. The first-order valence-corrected chi connectivity index (χ1v) is 15.3. The first-order chi connectivity index (χ1) is 19.0. The van der Waals surface area contributed by atoms with Gasteiger partial charge in [0, 0.05) is 22.9 Å². The molecule has 0 radical (unpaired) electrons. The summed E-state index contributed by atoms with van der Waals surface area (Å²) in [7, 11) is 0. The fourth-order valence-corrected chi connectivity index (χ4v) is 8.33. The number of alkyl halides is 4. The normalized spacial score (nSPS) is 20.8. The lowest BCUT2D eigenvalue weighted by molar-refractivity contribution is -0.143. The maximum absolute atomic E-state index is 16.9. The summed E-state index contributed by atoms with van der Waals surface area (Å²) in [5, 5.41) is 0. The predicted molar refractivity (Wildman–Crippen MR) is 151 cm³/mol. The average molecular weight is 624 g/mol. The summed E-state index contributed by atoms with van der Waals surface area (Å²) in [5.74, 6) is -9.66. The molecule has 0 amide bonds. The topological polar surface area (TPSA) is 3.24 Å². The second kappa shape index (κ2) is 11.8. The van der Waals surface area contributed by atoms with Crippen LogP contribution >= 0.6 is 23.5 Å². The van der Waals surface area contributed by atoms with Crippen LogP contribution in [0.5, 0.6) is 0 Å². The molecular formula is C30H33F8NS2. The molecule has 1 unspecified atom stereocenters. The number of hydrogen-bond acceptors (Lipinski definition) is 3. The monoisotopic (exact) mass is 623 g/mol. The molecule has 1 saturated heterocycles. The van der Waals surface area contributed by atoms with Crippen LogP contribution in [-0.4, -0.2) is 22.4 Å². The van der Waals surface area contributed by atoms with Crippen molar-refractivity contribution in [3.05, 3.63) is 68.8 Å². The molecule has 1 atom stereocenters. The van der Waals surface area contributed by atoms with Gasteiger partial charge in [0.2, 0.25) is 0 Å². The Morgan fingerprint density at radius 3 is 1.51 bits per heavy atom. The first-order valence-electron chi connectivity index (χ1n) is 13.7. The van der Waals surface area contributed by atoms with E-state index >= 15 is 13.2 Å². The molecule has 2 heterocycles. The summed E-state index contributed by atoms with van der Waals surface area (Å²) in [5.41, 5.74) is -0.999. The lowest BCUT2D eigenvalue weighted by Gasteiger charge is -2.36. The van der Waals surface area contributed by atoms with Crippen LogP contribution in [0.3, 0.4) is 0 Å². The van der Waals surface area contributed by atoms with Crippen molar-refractivity contribution in [1.29, 1.82) is 0 Å². The highest BCUT2D eigenvalue weighted by Gasteiger charge is 2.51. The number of piperidine rings is 1. The number of hydrogen-bond donors (Lipinski definition) is 0. The van der Waals surface area contributed by atoms with Crippen LogP contribution in [0.4, 0.5) is 35.1 Å². The molecule has 2 aliphatic heterocycles. The van der Waals surface area contributed by atoms with Gasteiger partial charge in [0.15, 0.2) is 23.3 Å². The van der Waals surface area contributed by atoms with Gasteiger partial charge in [-0.2, -0.15) is 13.2 Å². The molecule has 41 heavy (non-hydrogen) atoms. The highest BCUT2D eigenvalue weighted by Crippen LogP contribution is 2.65. The Morgan fingerprint density at radius 2 is 1.12 bits per heavy atom.